The first kappa shape index (κ1) is 29.3. The summed E-state index contributed by atoms with van der Waals surface area (Å²) in [5.74, 6) is 0.113. The van der Waals surface area contributed by atoms with Crippen LogP contribution >= 0.6 is 22.9 Å². The minimum absolute atomic E-state index is 0.164. The number of fused-ring (bicyclic) bond motifs is 1. The van der Waals surface area contributed by atoms with Crippen LogP contribution in [0.4, 0.5) is 4.39 Å². The fourth-order valence-corrected chi connectivity index (χ4v) is 5.82. The summed E-state index contributed by atoms with van der Waals surface area (Å²) in [6, 6.07) is 17.8. The van der Waals surface area contributed by atoms with Gasteiger partial charge in [-0.1, -0.05) is 53.3 Å². The average Bonchev–Trinajstić information content (AvgIpc) is 3.27. The zero-order valence-electron chi connectivity index (χ0n) is 23.2. The second-order valence-electron chi connectivity index (χ2n) is 9.41. The zero-order valence-corrected chi connectivity index (χ0v) is 24.8. The molecule has 1 aromatic heterocycles. The van der Waals surface area contributed by atoms with E-state index in [0.717, 1.165) is 11.1 Å². The first-order chi connectivity index (χ1) is 20.3. The van der Waals surface area contributed by atoms with Gasteiger partial charge in [-0.3, -0.25) is 9.36 Å². The van der Waals surface area contributed by atoms with Crippen LogP contribution in [0.25, 0.3) is 6.08 Å². The Morgan fingerprint density at radius 1 is 1.02 bits per heavy atom. The molecule has 0 spiro atoms. The SMILES string of the molecule is CCOC(=O)C1=C(C)N=c2s/c(=C\c3ccc(OCc4ccc(Cl)cc4)c(OCC)c3)c(=O)n2[C@@H]1c1ccc(F)cc1. The molecule has 216 valence electrons. The third-order valence-electron chi connectivity index (χ3n) is 6.58. The summed E-state index contributed by atoms with van der Waals surface area (Å²) in [7, 11) is 0. The summed E-state index contributed by atoms with van der Waals surface area (Å²) in [6.45, 7) is 6.22. The molecule has 0 bridgehead atoms. The second-order valence-corrected chi connectivity index (χ2v) is 10.9. The van der Waals surface area contributed by atoms with Crippen molar-refractivity contribution in [1.29, 1.82) is 0 Å². The summed E-state index contributed by atoms with van der Waals surface area (Å²) >= 11 is 7.19. The van der Waals surface area contributed by atoms with Gasteiger partial charge in [0.1, 0.15) is 12.4 Å². The van der Waals surface area contributed by atoms with Gasteiger partial charge in [0.2, 0.25) is 0 Å². The molecule has 7 nitrogen and oxygen atoms in total. The van der Waals surface area contributed by atoms with E-state index in [1.807, 2.05) is 31.2 Å². The monoisotopic (exact) mass is 606 g/mol. The van der Waals surface area contributed by atoms with Gasteiger partial charge in [-0.25, -0.2) is 14.2 Å². The van der Waals surface area contributed by atoms with Crippen molar-refractivity contribution in [2.75, 3.05) is 13.2 Å². The largest absolute Gasteiger partial charge is 0.490 e. The van der Waals surface area contributed by atoms with Gasteiger partial charge in [0.15, 0.2) is 16.3 Å². The standard InChI is InChI=1S/C32H28ClFN2O5S/c1-4-39-26-16-21(8-15-25(26)41-18-20-6-11-23(33)12-7-20)17-27-30(37)36-29(22-9-13-24(34)14-10-22)28(31(38)40-5-2)19(3)35-32(36)42-27/h6-17,29H,4-5,18H2,1-3H3/b27-17-/t29-/m1/s1. The van der Waals surface area contributed by atoms with Crippen molar-refractivity contribution in [2.45, 2.75) is 33.4 Å². The summed E-state index contributed by atoms with van der Waals surface area (Å²) in [5.41, 5.74) is 2.60. The molecule has 1 aliphatic rings. The number of hydrogen-bond acceptors (Lipinski definition) is 7. The quantitative estimate of drug-likeness (QED) is 0.233. The van der Waals surface area contributed by atoms with Crippen LogP contribution in [0.5, 0.6) is 11.5 Å². The Kier molecular flexibility index (Phi) is 8.89. The normalized spacial score (nSPS) is 14.8. The van der Waals surface area contributed by atoms with E-state index in [9.17, 15) is 14.0 Å². The molecule has 2 heterocycles. The van der Waals surface area contributed by atoms with Crippen molar-refractivity contribution in [3.63, 3.8) is 0 Å². The Morgan fingerprint density at radius 3 is 2.45 bits per heavy atom. The third kappa shape index (κ3) is 6.17. The number of esters is 1. The number of ether oxygens (including phenoxy) is 3. The maximum absolute atomic E-state index is 13.8. The molecule has 1 atom stereocenters. The van der Waals surface area contributed by atoms with Gasteiger partial charge in [0, 0.05) is 5.02 Å². The lowest BCUT2D eigenvalue weighted by molar-refractivity contribution is -0.139. The number of halogens is 2. The van der Waals surface area contributed by atoms with Crippen LogP contribution in [0.3, 0.4) is 0 Å². The van der Waals surface area contributed by atoms with Gasteiger partial charge < -0.3 is 14.2 Å². The van der Waals surface area contributed by atoms with Gasteiger partial charge in [-0.15, -0.1) is 0 Å². The third-order valence-corrected chi connectivity index (χ3v) is 7.81. The Morgan fingerprint density at radius 2 is 1.76 bits per heavy atom. The van der Waals surface area contributed by atoms with Crippen LogP contribution in [0.1, 0.15) is 43.5 Å². The lowest BCUT2D eigenvalue weighted by atomic mass is 9.96. The van der Waals surface area contributed by atoms with Crippen molar-refractivity contribution in [1.82, 2.24) is 4.57 Å². The maximum Gasteiger partial charge on any atom is 0.338 e. The Bertz CT molecular complexity index is 1830. The molecule has 0 radical (unpaired) electrons. The van der Waals surface area contributed by atoms with Crippen LogP contribution in [0.2, 0.25) is 5.02 Å². The highest BCUT2D eigenvalue weighted by atomic mass is 35.5. The molecule has 0 amide bonds. The van der Waals surface area contributed by atoms with Crippen molar-refractivity contribution >= 4 is 35.0 Å². The zero-order chi connectivity index (χ0) is 29.8. The van der Waals surface area contributed by atoms with Crippen molar-refractivity contribution < 1.29 is 23.4 Å². The van der Waals surface area contributed by atoms with E-state index < -0.39 is 17.8 Å². The molecule has 0 N–H and O–H groups in total. The Balaban J connectivity index is 1.54. The predicted molar refractivity (Wildman–Crippen MR) is 160 cm³/mol. The van der Waals surface area contributed by atoms with Crippen LogP contribution in [-0.2, 0) is 16.1 Å². The minimum Gasteiger partial charge on any atom is -0.490 e. The van der Waals surface area contributed by atoms with Crippen molar-refractivity contribution in [3.8, 4) is 11.5 Å². The Labute approximate surface area is 250 Å². The van der Waals surface area contributed by atoms with Gasteiger partial charge >= 0.3 is 5.97 Å². The number of rotatable bonds is 9. The smallest absolute Gasteiger partial charge is 0.338 e. The van der Waals surface area contributed by atoms with Gasteiger partial charge in [-0.2, -0.15) is 0 Å². The number of carbonyl (C=O) groups excluding carboxylic acids is 1. The molecule has 1 aliphatic heterocycles. The van der Waals surface area contributed by atoms with E-state index in [1.165, 1.54) is 28.0 Å². The number of aromatic nitrogens is 1. The number of thiazole rings is 1. The minimum atomic E-state index is -0.814. The van der Waals surface area contributed by atoms with Crippen molar-refractivity contribution in [2.24, 2.45) is 4.99 Å². The Hall–Kier alpha value is -4.21. The lowest BCUT2D eigenvalue weighted by Gasteiger charge is -2.24. The molecular formula is C32H28ClFN2O5S. The summed E-state index contributed by atoms with van der Waals surface area (Å²) in [4.78, 5) is 31.8. The van der Waals surface area contributed by atoms with E-state index >= 15 is 0 Å². The molecule has 0 saturated carbocycles. The lowest BCUT2D eigenvalue weighted by Crippen LogP contribution is -2.39. The molecule has 0 unspecified atom stereocenters. The topological polar surface area (TPSA) is 79.1 Å². The molecule has 42 heavy (non-hydrogen) atoms. The highest BCUT2D eigenvalue weighted by Crippen LogP contribution is 2.32. The van der Waals surface area contributed by atoms with E-state index in [4.69, 9.17) is 25.8 Å². The van der Waals surface area contributed by atoms with Crippen LogP contribution in [-0.4, -0.2) is 23.8 Å². The molecule has 10 heteroatoms. The van der Waals surface area contributed by atoms with E-state index in [-0.39, 0.29) is 17.7 Å². The highest BCUT2D eigenvalue weighted by molar-refractivity contribution is 7.07. The van der Waals surface area contributed by atoms with Crippen LogP contribution in [0, 0.1) is 5.82 Å². The van der Waals surface area contributed by atoms with Gasteiger partial charge in [0.25, 0.3) is 5.56 Å². The molecule has 3 aromatic carbocycles. The second kappa shape index (κ2) is 12.8. The molecule has 4 aromatic rings. The van der Waals surface area contributed by atoms with Crippen LogP contribution in [0.15, 0.2) is 87.8 Å². The number of nitrogens with zero attached hydrogens (tertiary/aromatic N) is 2. The maximum atomic E-state index is 13.8. The molecule has 0 aliphatic carbocycles. The van der Waals surface area contributed by atoms with Gasteiger partial charge in [-0.05, 0) is 79.9 Å². The summed E-state index contributed by atoms with van der Waals surface area (Å²) in [6.07, 6.45) is 1.75. The van der Waals surface area contributed by atoms with E-state index in [2.05, 4.69) is 4.99 Å². The first-order valence-electron chi connectivity index (χ1n) is 13.4. The number of benzene rings is 3. The number of allylic oxidation sites excluding steroid dienone is 1. The van der Waals surface area contributed by atoms with E-state index in [1.54, 1.807) is 50.3 Å². The van der Waals surface area contributed by atoms with Crippen molar-refractivity contribution in [3.05, 3.63) is 125 Å². The average molecular weight is 607 g/mol. The molecule has 5 rings (SSSR count). The number of hydrogen-bond donors (Lipinski definition) is 0. The van der Waals surface area contributed by atoms with Crippen LogP contribution < -0.4 is 24.4 Å². The van der Waals surface area contributed by atoms with Gasteiger partial charge in [0.05, 0.1) is 35.1 Å². The first-order valence-corrected chi connectivity index (χ1v) is 14.6. The predicted octanol–water partition coefficient (Wildman–Crippen LogP) is 5.57. The highest BCUT2D eigenvalue weighted by Gasteiger charge is 2.33. The van der Waals surface area contributed by atoms with E-state index in [0.29, 0.717) is 50.3 Å². The molecule has 0 saturated heterocycles. The fraction of sp³-hybridized carbons (Fsp3) is 0.219. The molecular weight excluding hydrogens is 579 g/mol. The summed E-state index contributed by atoms with van der Waals surface area (Å²) < 4.78 is 32.8. The molecule has 0 fully saturated rings. The summed E-state index contributed by atoms with van der Waals surface area (Å²) in [5, 5.41) is 0.652. The number of carbonyl (C=O) groups is 1. The fourth-order valence-electron chi connectivity index (χ4n) is 4.65.